The lowest BCUT2D eigenvalue weighted by atomic mass is 9.74. The standard InChI is InChI=1S/C12H25NO/c1-3-9-13(2)10-12(11-14)7-5-4-6-8-12/h14H,3-11H2,1-2H3. The van der Waals surface area contributed by atoms with Crippen molar-refractivity contribution in [2.24, 2.45) is 5.41 Å². The lowest BCUT2D eigenvalue weighted by Crippen LogP contribution is -2.40. The average molecular weight is 199 g/mol. The van der Waals surface area contributed by atoms with Crippen molar-refractivity contribution < 1.29 is 5.11 Å². The predicted molar refractivity (Wildman–Crippen MR) is 60.4 cm³/mol. The Morgan fingerprint density at radius 3 is 2.36 bits per heavy atom. The third kappa shape index (κ3) is 3.25. The highest BCUT2D eigenvalue weighted by atomic mass is 16.3. The van der Waals surface area contributed by atoms with Crippen molar-refractivity contribution in [1.29, 1.82) is 0 Å². The summed E-state index contributed by atoms with van der Waals surface area (Å²) in [6.45, 7) is 4.82. The number of nitrogens with zero attached hydrogens (tertiary/aromatic N) is 1. The van der Waals surface area contributed by atoms with Crippen LogP contribution < -0.4 is 0 Å². The Bertz CT molecular complexity index is 152. The maximum atomic E-state index is 9.53. The van der Waals surface area contributed by atoms with Gasteiger partial charge in [0.25, 0.3) is 0 Å². The summed E-state index contributed by atoms with van der Waals surface area (Å²) in [4.78, 5) is 2.38. The first-order valence-corrected chi connectivity index (χ1v) is 6.02. The molecular formula is C12H25NO. The van der Waals surface area contributed by atoms with E-state index in [1.165, 1.54) is 38.5 Å². The van der Waals surface area contributed by atoms with E-state index in [4.69, 9.17) is 0 Å². The molecule has 1 N–H and O–H groups in total. The van der Waals surface area contributed by atoms with Gasteiger partial charge < -0.3 is 10.0 Å². The molecule has 0 amide bonds. The summed E-state index contributed by atoms with van der Waals surface area (Å²) in [5.74, 6) is 0. The van der Waals surface area contributed by atoms with Crippen LogP contribution in [0.2, 0.25) is 0 Å². The topological polar surface area (TPSA) is 23.5 Å². The van der Waals surface area contributed by atoms with E-state index in [9.17, 15) is 5.11 Å². The molecular weight excluding hydrogens is 174 g/mol. The SMILES string of the molecule is CCCN(C)CC1(CO)CCCCC1. The van der Waals surface area contributed by atoms with E-state index < -0.39 is 0 Å². The Labute approximate surface area is 88.3 Å². The number of rotatable bonds is 5. The molecule has 0 unspecified atom stereocenters. The molecule has 1 aliphatic rings. The van der Waals surface area contributed by atoms with Crippen LogP contribution in [-0.4, -0.2) is 36.8 Å². The fourth-order valence-corrected chi connectivity index (χ4v) is 2.70. The summed E-state index contributed by atoms with van der Waals surface area (Å²) in [5, 5.41) is 9.53. The van der Waals surface area contributed by atoms with Crippen molar-refractivity contribution in [2.75, 3.05) is 26.7 Å². The van der Waals surface area contributed by atoms with Gasteiger partial charge in [-0.1, -0.05) is 26.2 Å². The monoisotopic (exact) mass is 199 g/mol. The van der Waals surface area contributed by atoms with Gasteiger partial charge in [-0.15, -0.1) is 0 Å². The maximum Gasteiger partial charge on any atom is 0.0499 e. The number of aliphatic hydroxyl groups is 1. The largest absolute Gasteiger partial charge is 0.396 e. The number of hydrogen-bond acceptors (Lipinski definition) is 2. The molecule has 0 heterocycles. The Balaban J connectivity index is 2.42. The van der Waals surface area contributed by atoms with Crippen molar-refractivity contribution in [1.82, 2.24) is 4.90 Å². The van der Waals surface area contributed by atoms with Gasteiger partial charge in [0.1, 0.15) is 0 Å². The fraction of sp³-hybridized carbons (Fsp3) is 1.00. The molecule has 0 saturated heterocycles. The molecule has 84 valence electrons. The molecule has 0 bridgehead atoms. The van der Waals surface area contributed by atoms with Crippen molar-refractivity contribution in [3.8, 4) is 0 Å². The van der Waals surface area contributed by atoms with E-state index in [1.54, 1.807) is 0 Å². The van der Waals surface area contributed by atoms with Gasteiger partial charge in [-0.2, -0.15) is 0 Å². The summed E-state index contributed by atoms with van der Waals surface area (Å²) >= 11 is 0. The molecule has 0 spiro atoms. The van der Waals surface area contributed by atoms with E-state index in [1.807, 2.05) is 0 Å². The first-order valence-electron chi connectivity index (χ1n) is 6.02. The Morgan fingerprint density at radius 2 is 1.86 bits per heavy atom. The first kappa shape index (κ1) is 12.0. The molecule has 1 aliphatic carbocycles. The average Bonchev–Trinajstić information content (AvgIpc) is 2.19. The highest BCUT2D eigenvalue weighted by Gasteiger charge is 2.32. The van der Waals surface area contributed by atoms with Gasteiger partial charge in [0.2, 0.25) is 0 Å². The van der Waals surface area contributed by atoms with Crippen molar-refractivity contribution in [3.05, 3.63) is 0 Å². The minimum Gasteiger partial charge on any atom is -0.396 e. The zero-order chi connectivity index (χ0) is 10.4. The summed E-state index contributed by atoms with van der Waals surface area (Å²) in [5.41, 5.74) is 0.224. The molecule has 1 saturated carbocycles. The summed E-state index contributed by atoms with van der Waals surface area (Å²) in [7, 11) is 2.18. The molecule has 0 aromatic rings. The van der Waals surface area contributed by atoms with Crippen molar-refractivity contribution in [3.63, 3.8) is 0 Å². The smallest absolute Gasteiger partial charge is 0.0499 e. The van der Waals surface area contributed by atoms with Gasteiger partial charge in [-0.05, 0) is 32.9 Å². The quantitative estimate of drug-likeness (QED) is 0.734. The molecule has 0 aliphatic heterocycles. The minimum absolute atomic E-state index is 0.224. The van der Waals surface area contributed by atoms with Gasteiger partial charge in [-0.25, -0.2) is 0 Å². The van der Waals surface area contributed by atoms with Crippen LogP contribution in [0.3, 0.4) is 0 Å². The number of aliphatic hydroxyl groups excluding tert-OH is 1. The van der Waals surface area contributed by atoms with E-state index in [0.717, 1.165) is 13.1 Å². The van der Waals surface area contributed by atoms with E-state index in [2.05, 4.69) is 18.9 Å². The normalized spacial score (nSPS) is 21.4. The van der Waals surface area contributed by atoms with Gasteiger partial charge in [-0.3, -0.25) is 0 Å². The molecule has 2 heteroatoms. The molecule has 14 heavy (non-hydrogen) atoms. The van der Waals surface area contributed by atoms with Crippen LogP contribution in [0.1, 0.15) is 45.4 Å². The molecule has 0 atom stereocenters. The Morgan fingerprint density at radius 1 is 1.21 bits per heavy atom. The van der Waals surface area contributed by atoms with Crippen LogP contribution in [0.4, 0.5) is 0 Å². The first-order chi connectivity index (χ1) is 6.72. The van der Waals surface area contributed by atoms with Gasteiger partial charge in [0.15, 0.2) is 0 Å². The molecule has 1 fully saturated rings. The number of hydrogen-bond donors (Lipinski definition) is 1. The van der Waals surface area contributed by atoms with Gasteiger partial charge >= 0.3 is 0 Å². The van der Waals surface area contributed by atoms with Crippen LogP contribution in [0.25, 0.3) is 0 Å². The van der Waals surface area contributed by atoms with Crippen LogP contribution in [0, 0.1) is 5.41 Å². The molecule has 0 radical (unpaired) electrons. The zero-order valence-electron chi connectivity index (χ0n) is 9.76. The Hall–Kier alpha value is -0.0800. The van der Waals surface area contributed by atoms with Gasteiger partial charge in [0, 0.05) is 18.6 Å². The predicted octanol–water partition coefficient (Wildman–Crippen LogP) is 2.27. The summed E-state index contributed by atoms with van der Waals surface area (Å²) < 4.78 is 0. The third-order valence-corrected chi connectivity index (χ3v) is 3.46. The second-order valence-electron chi connectivity index (χ2n) is 4.96. The van der Waals surface area contributed by atoms with E-state index >= 15 is 0 Å². The second kappa shape index (κ2) is 5.72. The molecule has 0 aromatic carbocycles. The Kier molecular flexibility index (Phi) is 4.90. The van der Waals surface area contributed by atoms with Crippen LogP contribution in [-0.2, 0) is 0 Å². The third-order valence-electron chi connectivity index (χ3n) is 3.46. The highest BCUT2D eigenvalue weighted by molar-refractivity contribution is 4.84. The fourth-order valence-electron chi connectivity index (χ4n) is 2.70. The lowest BCUT2D eigenvalue weighted by molar-refractivity contribution is 0.0485. The molecule has 0 aromatic heterocycles. The minimum atomic E-state index is 0.224. The molecule has 1 rings (SSSR count). The summed E-state index contributed by atoms with van der Waals surface area (Å²) in [6, 6.07) is 0. The second-order valence-corrected chi connectivity index (χ2v) is 4.96. The van der Waals surface area contributed by atoms with Crippen LogP contribution in [0.5, 0.6) is 0 Å². The van der Waals surface area contributed by atoms with E-state index in [-0.39, 0.29) is 5.41 Å². The van der Waals surface area contributed by atoms with Crippen molar-refractivity contribution in [2.45, 2.75) is 45.4 Å². The summed E-state index contributed by atoms with van der Waals surface area (Å²) in [6.07, 6.45) is 7.62. The van der Waals surface area contributed by atoms with Crippen LogP contribution >= 0.6 is 0 Å². The molecule has 2 nitrogen and oxygen atoms in total. The van der Waals surface area contributed by atoms with E-state index in [0.29, 0.717) is 6.61 Å². The zero-order valence-corrected chi connectivity index (χ0v) is 9.76. The highest BCUT2D eigenvalue weighted by Crippen LogP contribution is 2.36. The van der Waals surface area contributed by atoms with Crippen LogP contribution in [0.15, 0.2) is 0 Å². The lowest BCUT2D eigenvalue weighted by Gasteiger charge is -2.38. The van der Waals surface area contributed by atoms with Gasteiger partial charge in [0.05, 0.1) is 0 Å². The van der Waals surface area contributed by atoms with Crippen molar-refractivity contribution >= 4 is 0 Å². The maximum absolute atomic E-state index is 9.53.